The van der Waals surface area contributed by atoms with E-state index in [-0.39, 0.29) is 24.3 Å². The lowest BCUT2D eigenvalue weighted by molar-refractivity contribution is -0.124. The largest absolute Gasteiger partial charge is 0.347 e. The van der Waals surface area contributed by atoms with Crippen LogP contribution >= 0.6 is 23.8 Å². The molecule has 2 aromatic rings. The van der Waals surface area contributed by atoms with Gasteiger partial charge in [-0.2, -0.15) is 5.10 Å². The Labute approximate surface area is 173 Å². The maximum Gasteiger partial charge on any atom is 0.251 e. The van der Waals surface area contributed by atoms with Crippen LogP contribution in [0.3, 0.4) is 0 Å². The fourth-order valence-corrected chi connectivity index (χ4v) is 3.40. The summed E-state index contributed by atoms with van der Waals surface area (Å²) in [6, 6.07) is 6.29. The Morgan fingerprint density at radius 1 is 1.36 bits per heavy atom. The second-order valence-electron chi connectivity index (χ2n) is 7.11. The highest BCUT2D eigenvalue weighted by Crippen LogP contribution is 2.35. The van der Waals surface area contributed by atoms with Gasteiger partial charge in [0.25, 0.3) is 5.91 Å². The molecular formula is C19H24ClN5O2S. The summed E-state index contributed by atoms with van der Waals surface area (Å²) < 4.78 is 2.53. The van der Waals surface area contributed by atoms with Gasteiger partial charge in [0, 0.05) is 16.6 Å². The molecular weight excluding hydrogens is 398 g/mol. The molecule has 2 amide bonds. The van der Waals surface area contributed by atoms with Crippen LogP contribution in [0.1, 0.15) is 55.3 Å². The van der Waals surface area contributed by atoms with E-state index in [9.17, 15) is 9.59 Å². The van der Waals surface area contributed by atoms with Gasteiger partial charge in [-0.1, -0.05) is 31.9 Å². The molecule has 9 heteroatoms. The van der Waals surface area contributed by atoms with Crippen LogP contribution in [0, 0.1) is 10.7 Å². The van der Waals surface area contributed by atoms with E-state index < -0.39 is 6.04 Å². The Morgan fingerprint density at radius 2 is 2.04 bits per heavy atom. The summed E-state index contributed by atoms with van der Waals surface area (Å²) in [6.07, 6.45) is 2.89. The van der Waals surface area contributed by atoms with Gasteiger partial charge in [-0.15, -0.1) is 0 Å². The van der Waals surface area contributed by atoms with Crippen molar-refractivity contribution >= 4 is 35.6 Å². The van der Waals surface area contributed by atoms with Crippen molar-refractivity contribution < 1.29 is 9.59 Å². The maximum atomic E-state index is 12.8. The van der Waals surface area contributed by atoms with E-state index in [1.807, 2.05) is 18.4 Å². The Kier molecular flexibility index (Phi) is 6.51. The molecule has 28 heavy (non-hydrogen) atoms. The van der Waals surface area contributed by atoms with Crippen LogP contribution in [0.4, 0.5) is 0 Å². The first-order valence-corrected chi connectivity index (χ1v) is 10.2. The Bertz CT molecular complexity index is 904. The standard InChI is InChI=1S/C19H24ClN5O2S/c1-3-11(2)16(22-17(26)12-4-6-13(20)7-5-12)18(27)21-10-15-23-24-19(28)25(15)14-8-9-14/h4-7,11,14,16H,3,8-10H2,1-2H3,(H,21,27)(H,22,26)(H,24,28). The molecule has 7 nitrogen and oxygen atoms in total. The number of carbonyl (C=O) groups excluding carboxylic acids is 2. The van der Waals surface area contributed by atoms with Gasteiger partial charge in [0.05, 0.1) is 6.54 Å². The SMILES string of the molecule is CCC(C)C(NC(=O)c1ccc(Cl)cc1)C(=O)NCc1n[nH]c(=S)n1C1CC1. The third-order valence-electron chi connectivity index (χ3n) is 5.00. The number of H-pyrrole nitrogens is 1. The van der Waals surface area contributed by atoms with E-state index in [0.717, 1.165) is 19.3 Å². The number of aromatic amines is 1. The van der Waals surface area contributed by atoms with Crippen LogP contribution in [0.15, 0.2) is 24.3 Å². The Morgan fingerprint density at radius 3 is 2.64 bits per heavy atom. The number of nitrogens with one attached hydrogen (secondary N) is 3. The van der Waals surface area contributed by atoms with Crippen LogP contribution in [-0.4, -0.2) is 32.6 Å². The van der Waals surface area contributed by atoms with Crippen LogP contribution in [0.25, 0.3) is 0 Å². The maximum absolute atomic E-state index is 12.8. The molecule has 1 aromatic heterocycles. The fourth-order valence-electron chi connectivity index (χ4n) is 2.98. The van der Waals surface area contributed by atoms with Crippen molar-refractivity contribution in [2.75, 3.05) is 0 Å². The number of hydrogen-bond acceptors (Lipinski definition) is 4. The average molecular weight is 422 g/mol. The number of hydrogen-bond donors (Lipinski definition) is 3. The van der Waals surface area contributed by atoms with E-state index in [2.05, 4.69) is 20.8 Å². The zero-order valence-electron chi connectivity index (χ0n) is 15.9. The third kappa shape index (κ3) is 4.80. The quantitative estimate of drug-likeness (QED) is 0.569. The molecule has 0 aliphatic heterocycles. The summed E-state index contributed by atoms with van der Waals surface area (Å²) in [5.41, 5.74) is 0.458. The molecule has 1 heterocycles. The van der Waals surface area contributed by atoms with Crippen molar-refractivity contribution in [3.05, 3.63) is 45.4 Å². The van der Waals surface area contributed by atoms with Crippen molar-refractivity contribution in [2.24, 2.45) is 5.92 Å². The summed E-state index contributed by atoms with van der Waals surface area (Å²) in [5, 5.41) is 13.3. The van der Waals surface area contributed by atoms with Crippen molar-refractivity contribution in [2.45, 2.75) is 51.7 Å². The predicted octanol–water partition coefficient (Wildman–Crippen LogP) is 3.39. The topological polar surface area (TPSA) is 91.8 Å². The second-order valence-corrected chi connectivity index (χ2v) is 7.93. The number of rotatable bonds is 8. The summed E-state index contributed by atoms with van der Waals surface area (Å²) in [7, 11) is 0. The number of benzene rings is 1. The molecule has 0 spiro atoms. The lowest BCUT2D eigenvalue weighted by Crippen LogP contribution is -2.50. The molecule has 0 bridgehead atoms. The normalized spacial score (nSPS) is 15.7. The van der Waals surface area contributed by atoms with Gasteiger partial charge < -0.3 is 10.6 Å². The zero-order chi connectivity index (χ0) is 20.3. The number of halogens is 1. The first-order chi connectivity index (χ1) is 13.4. The highest BCUT2D eigenvalue weighted by Gasteiger charge is 2.29. The minimum atomic E-state index is -0.649. The highest BCUT2D eigenvalue weighted by atomic mass is 35.5. The van der Waals surface area contributed by atoms with Crippen molar-refractivity contribution in [1.82, 2.24) is 25.4 Å². The molecule has 0 radical (unpaired) electrons. The Balaban J connectivity index is 1.67. The molecule has 2 unspecified atom stereocenters. The van der Waals surface area contributed by atoms with Gasteiger partial charge in [0.1, 0.15) is 6.04 Å². The van der Waals surface area contributed by atoms with Crippen LogP contribution in [-0.2, 0) is 11.3 Å². The molecule has 0 saturated heterocycles. The number of carbonyl (C=O) groups is 2. The van der Waals surface area contributed by atoms with Gasteiger partial charge in [0.15, 0.2) is 10.6 Å². The van der Waals surface area contributed by atoms with Crippen molar-refractivity contribution in [3.8, 4) is 0 Å². The van der Waals surface area contributed by atoms with E-state index in [0.29, 0.717) is 27.2 Å². The molecule has 1 fully saturated rings. The highest BCUT2D eigenvalue weighted by molar-refractivity contribution is 7.71. The van der Waals surface area contributed by atoms with E-state index in [4.69, 9.17) is 23.8 Å². The van der Waals surface area contributed by atoms with Gasteiger partial charge in [-0.25, -0.2) is 0 Å². The van der Waals surface area contributed by atoms with Crippen LogP contribution < -0.4 is 10.6 Å². The van der Waals surface area contributed by atoms with E-state index >= 15 is 0 Å². The minimum Gasteiger partial charge on any atom is -0.347 e. The average Bonchev–Trinajstić information content (AvgIpc) is 3.46. The van der Waals surface area contributed by atoms with E-state index in [1.165, 1.54) is 0 Å². The molecule has 1 aliphatic carbocycles. The van der Waals surface area contributed by atoms with Crippen molar-refractivity contribution in [3.63, 3.8) is 0 Å². The van der Waals surface area contributed by atoms with Crippen LogP contribution in [0.5, 0.6) is 0 Å². The molecule has 3 N–H and O–H groups in total. The van der Waals surface area contributed by atoms with Gasteiger partial charge >= 0.3 is 0 Å². The summed E-state index contributed by atoms with van der Waals surface area (Å²) >= 11 is 11.1. The van der Waals surface area contributed by atoms with Gasteiger partial charge in [0.2, 0.25) is 5.91 Å². The van der Waals surface area contributed by atoms with Gasteiger partial charge in [-0.3, -0.25) is 19.3 Å². The molecule has 150 valence electrons. The van der Waals surface area contributed by atoms with Crippen LogP contribution in [0.2, 0.25) is 5.02 Å². The summed E-state index contributed by atoms with van der Waals surface area (Å²) in [6.45, 7) is 4.18. The molecule has 1 saturated carbocycles. The molecule has 1 aliphatic rings. The zero-order valence-corrected chi connectivity index (χ0v) is 17.4. The lowest BCUT2D eigenvalue weighted by Gasteiger charge is -2.23. The van der Waals surface area contributed by atoms with E-state index in [1.54, 1.807) is 24.3 Å². The molecule has 3 rings (SSSR count). The number of nitrogens with zero attached hydrogens (tertiary/aromatic N) is 2. The fraction of sp³-hybridized carbons (Fsp3) is 0.474. The van der Waals surface area contributed by atoms with Crippen molar-refractivity contribution in [1.29, 1.82) is 0 Å². The first kappa shape index (κ1) is 20.5. The summed E-state index contributed by atoms with van der Waals surface area (Å²) in [4.78, 5) is 25.4. The summed E-state index contributed by atoms with van der Waals surface area (Å²) in [5.74, 6) is 0.124. The predicted molar refractivity (Wildman–Crippen MR) is 110 cm³/mol. The van der Waals surface area contributed by atoms with Gasteiger partial charge in [-0.05, 0) is 55.2 Å². The first-order valence-electron chi connectivity index (χ1n) is 9.40. The Hall–Kier alpha value is -2.19. The lowest BCUT2D eigenvalue weighted by atomic mass is 9.98. The molecule has 1 aromatic carbocycles. The smallest absolute Gasteiger partial charge is 0.251 e. The second kappa shape index (κ2) is 8.87. The monoisotopic (exact) mass is 421 g/mol. The minimum absolute atomic E-state index is 0.0273. The molecule has 2 atom stereocenters. The third-order valence-corrected chi connectivity index (χ3v) is 5.54. The number of amides is 2. The number of aromatic nitrogens is 3.